The van der Waals surface area contributed by atoms with Crippen LogP contribution >= 0.6 is 34.5 Å². The first-order valence-electron chi connectivity index (χ1n) is 7.98. The van der Waals surface area contributed by atoms with Crippen LogP contribution in [-0.2, 0) is 0 Å². The highest BCUT2D eigenvalue weighted by Gasteiger charge is 2.18. The van der Waals surface area contributed by atoms with Gasteiger partial charge in [-0.1, -0.05) is 71.8 Å². The number of carbonyl (C=O) groups excluding carboxylic acids is 1. The molecule has 0 bridgehead atoms. The summed E-state index contributed by atoms with van der Waals surface area (Å²) >= 11 is 13.2. The first-order chi connectivity index (χ1) is 12.6. The molecular formula is C18H16Cl2N4OS. The van der Waals surface area contributed by atoms with Gasteiger partial charge in [0.15, 0.2) is 0 Å². The van der Waals surface area contributed by atoms with Gasteiger partial charge in [-0.2, -0.15) is 0 Å². The number of hydrogen-bond donors (Lipinski definition) is 2. The molecule has 2 N–H and O–H groups in total. The van der Waals surface area contributed by atoms with Gasteiger partial charge in [0.25, 0.3) is 0 Å². The summed E-state index contributed by atoms with van der Waals surface area (Å²) in [4.78, 5) is 12.1. The zero-order chi connectivity index (χ0) is 18.5. The molecule has 0 spiro atoms. The van der Waals surface area contributed by atoms with E-state index >= 15 is 0 Å². The summed E-state index contributed by atoms with van der Waals surface area (Å²) in [6.45, 7) is 2.10. The number of benzene rings is 2. The van der Waals surface area contributed by atoms with E-state index < -0.39 is 6.03 Å². The summed E-state index contributed by atoms with van der Waals surface area (Å²) in [5.41, 5.74) is 1.72. The number of anilines is 2. The maximum atomic E-state index is 12.1. The van der Waals surface area contributed by atoms with E-state index in [1.165, 1.54) is 16.9 Å². The van der Waals surface area contributed by atoms with E-state index in [1.54, 1.807) is 18.2 Å². The Balaban J connectivity index is 1.67. The van der Waals surface area contributed by atoms with Crippen LogP contribution in [0.2, 0.25) is 10.0 Å². The Morgan fingerprint density at radius 1 is 1.08 bits per heavy atom. The summed E-state index contributed by atoms with van der Waals surface area (Å²) < 4.78 is 0. The Labute approximate surface area is 165 Å². The number of hydrogen-bond acceptors (Lipinski definition) is 4. The average molecular weight is 407 g/mol. The molecule has 8 heteroatoms. The Morgan fingerprint density at radius 3 is 2.54 bits per heavy atom. The molecule has 0 radical (unpaired) electrons. The number of nitrogens with one attached hydrogen (secondary N) is 2. The summed E-state index contributed by atoms with van der Waals surface area (Å²) in [6, 6.07) is 14.6. The lowest BCUT2D eigenvalue weighted by Gasteiger charge is -2.11. The largest absolute Gasteiger partial charge is 0.325 e. The average Bonchev–Trinajstić information content (AvgIpc) is 3.08. The van der Waals surface area contributed by atoms with E-state index in [4.69, 9.17) is 23.2 Å². The fourth-order valence-corrected chi connectivity index (χ4v) is 3.75. The van der Waals surface area contributed by atoms with Gasteiger partial charge in [-0.25, -0.2) is 4.79 Å². The first-order valence-corrected chi connectivity index (χ1v) is 9.55. The third-order valence-electron chi connectivity index (χ3n) is 3.75. The van der Waals surface area contributed by atoms with Crippen molar-refractivity contribution >= 4 is 51.4 Å². The molecule has 1 aromatic heterocycles. The fraction of sp³-hybridized carbons (Fsp3) is 0.167. The number of nitrogens with zero attached hydrogens (tertiary/aromatic N) is 2. The normalized spacial score (nSPS) is 11.8. The van der Waals surface area contributed by atoms with E-state index in [9.17, 15) is 4.79 Å². The lowest BCUT2D eigenvalue weighted by atomic mass is 9.97. The second kappa shape index (κ2) is 8.49. The molecule has 1 unspecified atom stereocenters. The van der Waals surface area contributed by atoms with Crippen molar-refractivity contribution in [2.24, 2.45) is 0 Å². The number of urea groups is 1. The monoisotopic (exact) mass is 406 g/mol. The van der Waals surface area contributed by atoms with Gasteiger partial charge in [-0.3, -0.25) is 5.32 Å². The lowest BCUT2D eigenvalue weighted by Crippen LogP contribution is -2.19. The maximum Gasteiger partial charge on any atom is 0.325 e. The van der Waals surface area contributed by atoms with Crippen LogP contribution < -0.4 is 10.6 Å². The maximum absolute atomic E-state index is 12.1. The molecule has 3 aromatic rings. The number of carbonyl (C=O) groups is 1. The predicted octanol–water partition coefficient (Wildman–Crippen LogP) is 6.03. The number of aromatic nitrogens is 2. The smallest absolute Gasteiger partial charge is 0.308 e. The molecule has 2 aromatic carbocycles. The van der Waals surface area contributed by atoms with Crippen molar-refractivity contribution in [3.63, 3.8) is 0 Å². The molecular weight excluding hydrogens is 391 g/mol. The zero-order valence-corrected chi connectivity index (χ0v) is 16.2. The Hall–Kier alpha value is -2.15. The molecule has 0 fully saturated rings. The van der Waals surface area contributed by atoms with E-state index in [2.05, 4.69) is 39.9 Å². The van der Waals surface area contributed by atoms with Gasteiger partial charge in [0.1, 0.15) is 5.01 Å². The van der Waals surface area contributed by atoms with Crippen molar-refractivity contribution in [3.8, 4) is 0 Å². The van der Waals surface area contributed by atoms with Crippen molar-refractivity contribution < 1.29 is 4.79 Å². The third kappa shape index (κ3) is 4.52. The second-order valence-corrected chi connectivity index (χ2v) is 7.35. The topological polar surface area (TPSA) is 66.9 Å². The number of halogens is 2. The third-order valence-corrected chi connectivity index (χ3v) is 5.44. The summed E-state index contributed by atoms with van der Waals surface area (Å²) in [7, 11) is 0. The van der Waals surface area contributed by atoms with E-state index in [-0.39, 0.29) is 5.92 Å². The zero-order valence-electron chi connectivity index (χ0n) is 13.9. The molecule has 5 nitrogen and oxygen atoms in total. The molecule has 0 saturated carbocycles. The Morgan fingerprint density at radius 2 is 1.85 bits per heavy atom. The van der Waals surface area contributed by atoms with Crippen LogP contribution in [0.25, 0.3) is 0 Å². The van der Waals surface area contributed by atoms with Crippen molar-refractivity contribution in [1.29, 1.82) is 0 Å². The first kappa shape index (κ1) is 18.6. The minimum atomic E-state index is -0.418. The molecule has 1 atom stereocenters. The quantitative estimate of drug-likeness (QED) is 0.543. The number of amides is 2. The van der Waals surface area contributed by atoms with Crippen LogP contribution in [0.5, 0.6) is 0 Å². The lowest BCUT2D eigenvalue weighted by molar-refractivity contribution is 0.262. The minimum Gasteiger partial charge on any atom is -0.308 e. The fourth-order valence-electron chi connectivity index (χ4n) is 2.50. The van der Waals surface area contributed by atoms with Crippen molar-refractivity contribution in [3.05, 3.63) is 69.1 Å². The molecule has 0 saturated heterocycles. The highest BCUT2D eigenvalue weighted by Crippen LogP contribution is 2.31. The van der Waals surface area contributed by atoms with Gasteiger partial charge in [0.2, 0.25) is 5.13 Å². The van der Waals surface area contributed by atoms with Crippen LogP contribution in [0.1, 0.15) is 29.8 Å². The standard InChI is InChI=1S/C18H16Cl2N4OS/c1-2-13(11-6-4-3-5-7-11)16-23-24-18(26-16)22-17(25)21-12-8-9-14(19)15(20)10-12/h3-10,13H,2H2,1H3,(H2,21,22,24,25). The van der Waals surface area contributed by atoms with Gasteiger partial charge in [-0.15, -0.1) is 10.2 Å². The van der Waals surface area contributed by atoms with Gasteiger partial charge in [0, 0.05) is 11.6 Å². The van der Waals surface area contributed by atoms with Crippen LogP contribution in [0.3, 0.4) is 0 Å². The highest BCUT2D eigenvalue weighted by molar-refractivity contribution is 7.15. The molecule has 0 aliphatic rings. The summed E-state index contributed by atoms with van der Waals surface area (Å²) in [5.74, 6) is 0.155. The second-order valence-electron chi connectivity index (χ2n) is 5.52. The van der Waals surface area contributed by atoms with E-state index in [0.29, 0.717) is 20.9 Å². The molecule has 1 heterocycles. The van der Waals surface area contributed by atoms with Gasteiger partial charge in [0.05, 0.1) is 10.0 Å². The molecule has 0 aliphatic carbocycles. The van der Waals surface area contributed by atoms with Gasteiger partial charge in [-0.05, 0) is 30.2 Å². The molecule has 3 rings (SSSR count). The van der Waals surface area contributed by atoms with Crippen LogP contribution in [0.4, 0.5) is 15.6 Å². The van der Waals surface area contributed by atoms with Crippen molar-refractivity contribution in [2.75, 3.05) is 10.6 Å². The molecule has 2 amide bonds. The van der Waals surface area contributed by atoms with E-state index in [1.807, 2.05) is 18.2 Å². The van der Waals surface area contributed by atoms with Crippen molar-refractivity contribution in [1.82, 2.24) is 10.2 Å². The van der Waals surface area contributed by atoms with E-state index in [0.717, 1.165) is 11.4 Å². The molecule has 26 heavy (non-hydrogen) atoms. The van der Waals surface area contributed by atoms with Crippen LogP contribution in [0.15, 0.2) is 48.5 Å². The van der Waals surface area contributed by atoms with Gasteiger partial charge < -0.3 is 5.32 Å². The minimum absolute atomic E-state index is 0.155. The highest BCUT2D eigenvalue weighted by atomic mass is 35.5. The Bertz CT molecular complexity index is 901. The Kier molecular flexibility index (Phi) is 6.08. The molecule has 134 valence electrons. The van der Waals surface area contributed by atoms with Crippen LogP contribution in [0, 0.1) is 0 Å². The molecule has 0 aliphatic heterocycles. The van der Waals surface area contributed by atoms with Gasteiger partial charge >= 0.3 is 6.03 Å². The predicted molar refractivity (Wildman–Crippen MR) is 108 cm³/mol. The van der Waals surface area contributed by atoms with Crippen molar-refractivity contribution in [2.45, 2.75) is 19.3 Å². The SMILES string of the molecule is CCC(c1ccccc1)c1nnc(NC(=O)Nc2ccc(Cl)c(Cl)c2)s1. The van der Waals surface area contributed by atoms with Crippen LogP contribution in [-0.4, -0.2) is 16.2 Å². The summed E-state index contributed by atoms with van der Waals surface area (Å²) in [6.07, 6.45) is 0.897. The number of rotatable bonds is 5. The summed E-state index contributed by atoms with van der Waals surface area (Å²) in [5, 5.41) is 15.8.